The average molecular weight is 248 g/mol. The van der Waals surface area contributed by atoms with E-state index >= 15 is 0 Å². The SMILES string of the molecule is CCc1nc2ccccc2n1CC(O)CC(=O)O. The molecule has 1 unspecified atom stereocenters. The predicted molar refractivity (Wildman–Crippen MR) is 67.4 cm³/mol. The van der Waals surface area contributed by atoms with E-state index in [0.717, 1.165) is 23.3 Å². The second kappa shape index (κ2) is 5.18. The average Bonchev–Trinajstić information content (AvgIpc) is 2.66. The summed E-state index contributed by atoms with van der Waals surface area (Å²) in [5.74, 6) is -0.134. The Balaban J connectivity index is 2.33. The van der Waals surface area contributed by atoms with Crippen LogP contribution < -0.4 is 0 Å². The number of hydrogen-bond donors (Lipinski definition) is 2. The van der Waals surface area contributed by atoms with Gasteiger partial charge in [0.1, 0.15) is 5.82 Å². The zero-order chi connectivity index (χ0) is 13.1. The summed E-state index contributed by atoms with van der Waals surface area (Å²) in [6.07, 6.45) is -0.408. The van der Waals surface area contributed by atoms with Crippen molar-refractivity contribution < 1.29 is 15.0 Å². The number of rotatable bonds is 5. The van der Waals surface area contributed by atoms with E-state index in [9.17, 15) is 9.90 Å². The molecule has 1 aromatic carbocycles. The van der Waals surface area contributed by atoms with Gasteiger partial charge in [0.15, 0.2) is 0 Å². The van der Waals surface area contributed by atoms with Crippen LogP contribution in [0.4, 0.5) is 0 Å². The van der Waals surface area contributed by atoms with Crippen LogP contribution in [-0.2, 0) is 17.8 Å². The number of aliphatic carboxylic acids is 1. The van der Waals surface area contributed by atoms with E-state index < -0.39 is 12.1 Å². The van der Waals surface area contributed by atoms with E-state index in [1.165, 1.54) is 0 Å². The van der Waals surface area contributed by atoms with Gasteiger partial charge >= 0.3 is 5.97 Å². The molecule has 0 bridgehead atoms. The van der Waals surface area contributed by atoms with Gasteiger partial charge in [-0.1, -0.05) is 19.1 Å². The Morgan fingerprint density at radius 3 is 2.83 bits per heavy atom. The molecule has 0 aliphatic heterocycles. The van der Waals surface area contributed by atoms with Crippen LogP contribution in [0.3, 0.4) is 0 Å². The summed E-state index contributed by atoms with van der Waals surface area (Å²) in [5.41, 5.74) is 1.80. The molecule has 5 heteroatoms. The molecule has 0 aliphatic carbocycles. The van der Waals surface area contributed by atoms with Crippen molar-refractivity contribution >= 4 is 17.0 Å². The number of benzene rings is 1. The number of carbonyl (C=O) groups is 1. The van der Waals surface area contributed by atoms with Gasteiger partial charge in [-0.05, 0) is 12.1 Å². The summed E-state index contributed by atoms with van der Waals surface area (Å²) < 4.78 is 1.89. The summed E-state index contributed by atoms with van der Waals surface area (Å²) in [4.78, 5) is 15.0. The summed E-state index contributed by atoms with van der Waals surface area (Å²) in [5, 5.41) is 18.4. The Labute approximate surface area is 105 Å². The molecule has 18 heavy (non-hydrogen) atoms. The molecule has 2 aromatic rings. The molecule has 0 fully saturated rings. The van der Waals surface area contributed by atoms with E-state index in [1.807, 2.05) is 35.8 Å². The zero-order valence-corrected chi connectivity index (χ0v) is 10.2. The Morgan fingerprint density at radius 1 is 1.44 bits per heavy atom. The second-order valence-corrected chi connectivity index (χ2v) is 4.23. The Kier molecular flexibility index (Phi) is 3.62. The third-order valence-corrected chi connectivity index (χ3v) is 2.85. The van der Waals surface area contributed by atoms with Crippen molar-refractivity contribution in [2.45, 2.75) is 32.4 Å². The lowest BCUT2D eigenvalue weighted by molar-refractivity contribution is -0.139. The number of carboxylic acid groups (broad SMARTS) is 1. The fourth-order valence-electron chi connectivity index (χ4n) is 2.08. The summed E-state index contributed by atoms with van der Waals surface area (Å²) in [6.45, 7) is 2.25. The lowest BCUT2D eigenvalue weighted by Crippen LogP contribution is -2.20. The smallest absolute Gasteiger partial charge is 0.306 e. The zero-order valence-electron chi connectivity index (χ0n) is 10.2. The minimum Gasteiger partial charge on any atom is -0.481 e. The normalized spacial score (nSPS) is 12.8. The van der Waals surface area contributed by atoms with Crippen molar-refractivity contribution in [1.82, 2.24) is 9.55 Å². The van der Waals surface area contributed by atoms with Gasteiger partial charge in [-0.2, -0.15) is 0 Å². The van der Waals surface area contributed by atoms with Crippen LogP contribution in [0.25, 0.3) is 11.0 Å². The first kappa shape index (κ1) is 12.6. The van der Waals surface area contributed by atoms with E-state index in [2.05, 4.69) is 4.98 Å². The maximum absolute atomic E-state index is 10.6. The third-order valence-electron chi connectivity index (χ3n) is 2.85. The number of imidazole rings is 1. The molecule has 2 N–H and O–H groups in total. The molecule has 0 saturated carbocycles. The monoisotopic (exact) mass is 248 g/mol. The summed E-state index contributed by atoms with van der Waals surface area (Å²) in [7, 11) is 0. The van der Waals surface area contributed by atoms with E-state index in [0.29, 0.717) is 0 Å². The molecule has 0 saturated heterocycles. The highest BCUT2D eigenvalue weighted by molar-refractivity contribution is 5.76. The van der Waals surface area contributed by atoms with Gasteiger partial charge in [-0.3, -0.25) is 4.79 Å². The first-order valence-corrected chi connectivity index (χ1v) is 5.95. The third kappa shape index (κ3) is 2.51. The Bertz CT molecular complexity index is 562. The van der Waals surface area contributed by atoms with Gasteiger partial charge in [0.25, 0.3) is 0 Å². The number of hydrogen-bond acceptors (Lipinski definition) is 3. The van der Waals surface area contributed by atoms with Crippen LogP contribution in [-0.4, -0.2) is 31.8 Å². The van der Waals surface area contributed by atoms with Gasteiger partial charge in [0, 0.05) is 6.42 Å². The van der Waals surface area contributed by atoms with Gasteiger partial charge in [0.2, 0.25) is 0 Å². The van der Waals surface area contributed by atoms with Crippen LogP contribution in [0.15, 0.2) is 24.3 Å². The van der Waals surface area contributed by atoms with E-state index in [4.69, 9.17) is 5.11 Å². The molecule has 0 amide bonds. The summed E-state index contributed by atoms with van der Waals surface area (Å²) in [6, 6.07) is 7.65. The van der Waals surface area contributed by atoms with Crippen LogP contribution in [0.2, 0.25) is 0 Å². The van der Waals surface area contributed by atoms with Crippen molar-refractivity contribution in [2.75, 3.05) is 0 Å². The molecule has 5 nitrogen and oxygen atoms in total. The molecule has 0 radical (unpaired) electrons. The molecule has 1 heterocycles. The standard InChI is InChI=1S/C13H16N2O3/c1-2-12-14-10-5-3-4-6-11(10)15(12)8-9(16)7-13(17)18/h3-6,9,16H,2,7-8H2,1H3,(H,17,18). The number of nitrogens with zero attached hydrogens (tertiary/aromatic N) is 2. The number of para-hydroxylation sites is 2. The summed E-state index contributed by atoms with van der Waals surface area (Å²) >= 11 is 0. The topological polar surface area (TPSA) is 75.3 Å². The minimum absolute atomic E-state index is 0.254. The van der Waals surface area contributed by atoms with E-state index in [-0.39, 0.29) is 13.0 Å². The largest absolute Gasteiger partial charge is 0.481 e. The van der Waals surface area contributed by atoms with Crippen LogP contribution in [0.5, 0.6) is 0 Å². The lowest BCUT2D eigenvalue weighted by Gasteiger charge is -2.12. The number of fused-ring (bicyclic) bond motifs is 1. The Morgan fingerprint density at radius 2 is 2.17 bits per heavy atom. The number of carboxylic acids is 1. The maximum atomic E-state index is 10.6. The van der Waals surface area contributed by atoms with Crippen molar-refractivity contribution in [1.29, 1.82) is 0 Å². The van der Waals surface area contributed by atoms with Crippen LogP contribution in [0, 0.1) is 0 Å². The van der Waals surface area contributed by atoms with Crippen LogP contribution in [0.1, 0.15) is 19.2 Å². The predicted octanol–water partition coefficient (Wildman–Crippen LogP) is 1.43. The molecule has 1 aromatic heterocycles. The highest BCUT2D eigenvalue weighted by atomic mass is 16.4. The van der Waals surface area contributed by atoms with Crippen LogP contribution >= 0.6 is 0 Å². The van der Waals surface area contributed by atoms with Crippen molar-refractivity contribution in [3.05, 3.63) is 30.1 Å². The fraction of sp³-hybridized carbons (Fsp3) is 0.385. The molecule has 96 valence electrons. The van der Waals surface area contributed by atoms with Gasteiger partial charge in [-0.25, -0.2) is 4.98 Å². The highest BCUT2D eigenvalue weighted by Gasteiger charge is 2.15. The van der Waals surface area contributed by atoms with Crippen molar-refractivity contribution in [3.63, 3.8) is 0 Å². The van der Waals surface area contributed by atoms with Gasteiger partial charge < -0.3 is 14.8 Å². The number of aliphatic hydroxyl groups excluding tert-OH is 1. The number of aliphatic hydroxyl groups is 1. The van der Waals surface area contributed by atoms with Crippen molar-refractivity contribution in [3.8, 4) is 0 Å². The molecule has 0 spiro atoms. The van der Waals surface area contributed by atoms with Gasteiger partial charge in [0.05, 0.1) is 30.1 Å². The van der Waals surface area contributed by atoms with E-state index in [1.54, 1.807) is 0 Å². The lowest BCUT2D eigenvalue weighted by atomic mass is 10.2. The molecule has 2 rings (SSSR count). The van der Waals surface area contributed by atoms with Crippen molar-refractivity contribution in [2.24, 2.45) is 0 Å². The van der Waals surface area contributed by atoms with Gasteiger partial charge in [-0.15, -0.1) is 0 Å². The minimum atomic E-state index is -0.995. The number of aryl methyl sites for hydroxylation is 1. The highest BCUT2D eigenvalue weighted by Crippen LogP contribution is 2.17. The number of aromatic nitrogens is 2. The Hall–Kier alpha value is -1.88. The molecule has 0 aliphatic rings. The molecule has 1 atom stereocenters. The first-order valence-electron chi connectivity index (χ1n) is 5.95. The quantitative estimate of drug-likeness (QED) is 0.839. The maximum Gasteiger partial charge on any atom is 0.306 e. The molecular weight excluding hydrogens is 232 g/mol. The fourth-order valence-corrected chi connectivity index (χ4v) is 2.08. The molecular formula is C13H16N2O3. The second-order valence-electron chi connectivity index (χ2n) is 4.23. The first-order chi connectivity index (χ1) is 8.61.